The van der Waals surface area contributed by atoms with Crippen LogP contribution in [0.3, 0.4) is 0 Å². The first-order chi connectivity index (χ1) is 9.02. The molecule has 3 aromatic rings. The lowest BCUT2D eigenvalue weighted by Crippen LogP contribution is -1.99. The minimum atomic E-state index is -0.586. The number of aromatic hydroxyl groups is 2. The van der Waals surface area contributed by atoms with Gasteiger partial charge in [0.25, 0.3) is 0 Å². The number of phenols is 2. The maximum atomic E-state index is 11.9. The highest BCUT2D eigenvalue weighted by Gasteiger charge is 2.21. The molecular formula is C13H10O6. The number of methoxy groups -OCH3 is 1. The Morgan fingerprint density at radius 2 is 1.79 bits per heavy atom. The summed E-state index contributed by atoms with van der Waals surface area (Å²) in [7, 11) is 1.32. The summed E-state index contributed by atoms with van der Waals surface area (Å²) >= 11 is 0. The molecule has 19 heavy (non-hydrogen) atoms. The van der Waals surface area contributed by atoms with Gasteiger partial charge in [-0.25, -0.2) is 4.79 Å². The Hall–Kier alpha value is -2.63. The Morgan fingerprint density at radius 3 is 2.47 bits per heavy atom. The van der Waals surface area contributed by atoms with Crippen molar-refractivity contribution in [1.29, 1.82) is 0 Å². The van der Waals surface area contributed by atoms with Gasteiger partial charge in [0, 0.05) is 12.1 Å². The zero-order chi connectivity index (χ0) is 13.7. The lowest BCUT2D eigenvalue weighted by molar-refractivity contribution is 0.354. The van der Waals surface area contributed by atoms with Crippen molar-refractivity contribution in [2.45, 2.75) is 6.92 Å². The molecule has 0 aliphatic carbocycles. The monoisotopic (exact) mass is 262 g/mol. The second-order valence-corrected chi connectivity index (χ2v) is 4.14. The first kappa shape index (κ1) is 11.5. The molecular weight excluding hydrogens is 252 g/mol. The number of hydrogen-bond donors (Lipinski definition) is 2. The molecule has 0 aliphatic heterocycles. The third-order valence-corrected chi connectivity index (χ3v) is 2.91. The molecule has 0 aliphatic rings. The van der Waals surface area contributed by atoms with Crippen molar-refractivity contribution in [1.82, 2.24) is 0 Å². The van der Waals surface area contributed by atoms with E-state index in [0.717, 1.165) is 0 Å². The van der Waals surface area contributed by atoms with Gasteiger partial charge in [-0.1, -0.05) is 0 Å². The summed E-state index contributed by atoms with van der Waals surface area (Å²) in [6, 6.07) is 2.78. The Kier molecular flexibility index (Phi) is 2.22. The van der Waals surface area contributed by atoms with Crippen LogP contribution in [-0.2, 0) is 0 Å². The molecule has 1 aromatic carbocycles. The Morgan fingerprint density at radius 1 is 1.11 bits per heavy atom. The molecule has 0 bridgehead atoms. The predicted octanol–water partition coefficient (Wildman–Crippen LogP) is 2.27. The largest absolute Gasteiger partial charge is 0.504 e. The van der Waals surface area contributed by atoms with E-state index in [4.69, 9.17) is 13.6 Å². The fraction of sp³-hybridized carbons (Fsp3) is 0.154. The lowest BCUT2D eigenvalue weighted by atomic mass is 10.1. The summed E-state index contributed by atoms with van der Waals surface area (Å²) in [6.45, 7) is 1.63. The average Bonchev–Trinajstić information content (AvgIpc) is 2.68. The van der Waals surface area contributed by atoms with Crippen LogP contribution in [0.4, 0.5) is 0 Å². The summed E-state index contributed by atoms with van der Waals surface area (Å²) < 4.78 is 15.5. The highest BCUT2D eigenvalue weighted by Crippen LogP contribution is 2.45. The number of rotatable bonds is 1. The molecule has 0 fully saturated rings. The maximum Gasteiger partial charge on any atom is 0.347 e. The van der Waals surface area contributed by atoms with Gasteiger partial charge in [0.15, 0.2) is 11.5 Å². The molecule has 0 radical (unpaired) electrons. The fourth-order valence-electron chi connectivity index (χ4n) is 2.14. The minimum absolute atomic E-state index is 0.0232. The van der Waals surface area contributed by atoms with Crippen molar-refractivity contribution in [3.8, 4) is 17.2 Å². The van der Waals surface area contributed by atoms with Gasteiger partial charge >= 0.3 is 5.63 Å². The average molecular weight is 262 g/mol. The molecule has 2 N–H and O–H groups in total. The summed E-state index contributed by atoms with van der Waals surface area (Å²) in [4.78, 5) is 11.9. The molecule has 0 spiro atoms. The topological polar surface area (TPSA) is 93.0 Å². The molecule has 2 aromatic heterocycles. The summed E-state index contributed by atoms with van der Waals surface area (Å²) in [5, 5.41) is 19.8. The third kappa shape index (κ3) is 1.46. The van der Waals surface area contributed by atoms with Crippen molar-refractivity contribution in [3.63, 3.8) is 0 Å². The zero-order valence-electron chi connectivity index (χ0n) is 10.2. The van der Waals surface area contributed by atoms with Gasteiger partial charge in [0.1, 0.15) is 22.3 Å². The lowest BCUT2D eigenvalue weighted by Gasteiger charge is -2.05. The van der Waals surface area contributed by atoms with Crippen LogP contribution < -0.4 is 10.4 Å². The normalized spacial score (nSPS) is 11.3. The Labute approximate surface area is 106 Å². The van der Waals surface area contributed by atoms with E-state index >= 15 is 0 Å². The second kappa shape index (κ2) is 3.68. The number of aryl methyl sites for hydroxylation is 1. The SMILES string of the molecule is COc1c(O)c(O)cc2oc3cc(C)oc(=O)c3c12. The van der Waals surface area contributed by atoms with Crippen molar-refractivity contribution < 1.29 is 23.8 Å². The zero-order valence-corrected chi connectivity index (χ0v) is 10.2. The highest BCUT2D eigenvalue weighted by molar-refractivity contribution is 6.09. The van der Waals surface area contributed by atoms with E-state index < -0.39 is 11.4 Å². The maximum absolute atomic E-state index is 11.9. The van der Waals surface area contributed by atoms with E-state index in [1.54, 1.807) is 13.0 Å². The third-order valence-electron chi connectivity index (χ3n) is 2.91. The molecule has 98 valence electrons. The number of phenolic OH excluding ortho intramolecular Hbond substituents is 2. The van der Waals surface area contributed by atoms with Crippen LogP contribution in [0.25, 0.3) is 21.9 Å². The smallest absolute Gasteiger partial charge is 0.347 e. The van der Waals surface area contributed by atoms with Crippen LogP contribution in [0.5, 0.6) is 17.2 Å². The van der Waals surface area contributed by atoms with E-state index in [1.807, 2.05) is 0 Å². The highest BCUT2D eigenvalue weighted by atomic mass is 16.5. The van der Waals surface area contributed by atoms with Gasteiger partial charge < -0.3 is 23.8 Å². The van der Waals surface area contributed by atoms with Gasteiger partial charge in [0.2, 0.25) is 5.75 Å². The number of furan rings is 1. The van der Waals surface area contributed by atoms with Gasteiger partial charge in [-0.3, -0.25) is 0 Å². The van der Waals surface area contributed by atoms with Crippen molar-refractivity contribution in [2.75, 3.05) is 7.11 Å². The van der Waals surface area contributed by atoms with Crippen LogP contribution in [-0.4, -0.2) is 17.3 Å². The van der Waals surface area contributed by atoms with E-state index in [1.165, 1.54) is 13.2 Å². The molecule has 6 heteroatoms. The van der Waals surface area contributed by atoms with E-state index in [2.05, 4.69) is 0 Å². The van der Waals surface area contributed by atoms with E-state index in [9.17, 15) is 15.0 Å². The standard InChI is InChI=1S/C13H10O6/c1-5-3-7-10(13(16)18-5)9-8(19-7)4-6(14)11(15)12(9)17-2/h3-4,14-15H,1-2H3. The first-order valence-electron chi connectivity index (χ1n) is 5.48. The van der Waals surface area contributed by atoms with Gasteiger partial charge in [0.05, 0.1) is 12.5 Å². The first-order valence-corrected chi connectivity index (χ1v) is 5.48. The van der Waals surface area contributed by atoms with E-state index in [-0.39, 0.29) is 27.9 Å². The second-order valence-electron chi connectivity index (χ2n) is 4.14. The summed E-state index contributed by atoms with van der Waals surface area (Å²) in [5.74, 6) is -0.448. The van der Waals surface area contributed by atoms with Gasteiger partial charge in [-0.05, 0) is 6.92 Å². The van der Waals surface area contributed by atoms with Crippen molar-refractivity contribution in [3.05, 3.63) is 28.3 Å². The van der Waals surface area contributed by atoms with Crippen molar-refractivity contribution >= 4 is 21.9 Å². The number of hydrogen-bond acceptors (Lipinski definition) is 6. The molecule has 0 unspecified atom stereocenters. The summed E-state index contributed by atoms with van der Waals surface area (Å²) in [6.07, 6.45) is 0. The van der Waals surface area contributed by atoms with Gasteiger partial charge in [-0.2, -0.15) is 0 Å². The summed E-state index contributed by atoms with van der Waals surface area (Å²) in [5.41, 5.74) is -0.0377. The van der Waals surface area contributed by atoms with Crippen molar-refractivity contribution in [2.24, 2.45) is 0 Å². The van der Waals surface area contributed by atoms with E-state index in [0.29, 0.717) is 11.3 Å². The molecule has 2 heterocycles. The van der Waals surface area contributed by atoms with Crippen LogP contribution in [0.2, 0.25) is 0 Å². The van der Waals surface area contributed by atoms with Gasteiger partial charge in [-0.15, -0.1) is 0 Å². The number of benzene rings is 1. The molecule has 3 rings (SSSR count). The number of ether oxygens (including phenoxy) is 1. The Bertz CT molecular complexity index is 855. The van der Waals surface area contributed by atoms with Crippen LogP contribution in [0.15, 0.2) is 25.8 Å². The molecule has 0 saturated heterocycles. The molecule has 0 saturated carbocycles. The Balaban J connectivity index is 2.64. The molecule has 0 amide bonds. The minimum Gasteiger partial charge on any atom is -0.504 e. The predicted molar refractivity (Wildman–Crippen MR) is 66.9 cm³/mol. The fourth-order valence-corrected chi connectivity index (χ4v) is 2.14. The van der Waals surface area contributed by atoms with Crippen LogP contribution in [0, 0.1) is 6.92 Å². The van der Waals surface area contributed by atoms with Crippen LogP contribution in [0.1, 0.15) is 5.76 Å². The number of fused-ring (bicyclic) bond motifs is 3. The quantitative estimate of drug-likeness (QED) is 0.653. The molecule has 6 nitrogen and oxygen atoms in total. The molecule has 0 atom stereocenters. The van der Waals surface area contributed by atoms with Crippen LogP contribution >= 0.6 is 0 Å².